The van der Waals surface area contributed by atoms with Crippen molar-refractivity contribution in [1.82, 2.24) is 15.1 Å². The molecule has 1 saturated carbocycles. The van der Waals surface area contributed by atoms with E-state index >= 15 is 0 Å². The highest BCUT2D eigenvalue weighted by atomic mass is 16.5. The Hall–Kier alpha value is -1.44. The van der Waals surface area contributed by atoms with Crippen molar-refractivity contribution < 1.29 is 19.7 Å². The highest BCUT2D eigenvalue weighted by molar-refractivity contribution is 5.92. The summed E-state index contributed by atoms with van der Waals surface area (Å²) < 4.78 is 5.80. The number of likely N-dealkylation sites (tertiary alicyclic amines) is 1. The van der Waals surface area contributed by atoms with Gasteiger partial charge in [-0.1, -0.05) is 0 Å². The lowest BCUT2D eigenvalue weighted by Gasteiger charge is -2.46. The van der Waals surface area contributed by atoms with E-state index in [1.807, 2.05) is 6.07 Å². The number of carbonyl (C=O) groups is 1. The summed E-state index contributed by atoms with van der Waals surface area (Å²) >= 11 is 0. The molecule has 7 nitrogen and oxygen atoms in total. The Kier molecular flexibility index (Phi) is 3.66. The fourth-order valence-corrected chi connectivity index (χ4v) is 3.63. The highest BCUT2D eigenvalue weighted by Gasteiger charge is 2.43. The van der Waals surface area contributed by atoms with Crippen LogP contribution in [-0.4, -0.2) is 68.7 Å². The summed E-state index contributed by atoms with van der Waals surface area (Å²) in [6.45, 7) is 1.35. The van der Waals surface area contributed by atoms with Gasteiger partial charge in [-0.2, -0.15) is 5.10 Å². The van der Waals surface area contributed by atoms with E-state index in [2.05, 4.69) is 10.2 Å². The standard InChI is InChI=1S/C16H23N3O4/c20-13-8-16(23-9-14(13)21)3-5-19(6-4-16)15(22)12-7-11(17-18-12)10-1-2-10/h7,10,13-14,20-21H,1-6,8-9H2,(H,17,18)/t13-,14+/m1/s1. The highest BCUT2D eigenvalue weighted by Crippen LogP contribution is 2.39. The van der Waals surface area contributed by atoms with Crippen LogP contribution in [0.15, 0.2) is 6.07 Å². The van der Waals surface area contributed by atoms with Crippen molar-refractivity contribution in [3.05, 3.63) is 17.5 Å². The maximum Gasteiger partial charge on any atom is 0.274 e. The molecule has 1 spiro atoms. The minimum Gasteiger partial charge on any atom is -0.390 e. The first-order valence-electron chi connectivity index (χ1n) is 8.41. The molecule has 3 fully saturated rings. The minimum atomic E-state index is -0.801. The molecule has 1 aromatic rings. The number of nitrogens with one attached hydrogen (secondary N) is 1. The van der Waals surface area contributed by atoms with Crippen molar-refractivity contribution in [3.8, 4) is 0 Å². The van der Waals surface area contributed by atoms with Gasteiger partial charge in [0.25, 0.3) is 5.91 Å². The number of carbonyl (C=O) groups excluding carboxylic acids is 1. The first-order chi connectivity index (χ1) is 11.1. The molecule has 1 amide bonds. The maximum atomic E-state index is 12.6. The fourth-order valence-electron chi connectivity index (χ4n) is 3.63. The molecule has 1 aliphatic carbocycles. The summed E-state index contributed by atoms with van der Waals surface area (Å²) in [5, 5.41) is 26.6. The topological polar surface area (TPSA) is 98.7 Å². The van der Waals surface area contributed by atoms with Gasteiger partial charge in [-0.05, 0) is 31.7 Å². The first kappa shape index (κ1) is 15.1. The summed E-state index contributed by atoms with van der Waals surface area (Å²) in [5.74, 6) is 0.511. The van der Waals surface area contributed by atoms with Crippen LogP contribution in [0.5, 0.6) is 0 Å². The molecule has 3 N–H and O–H groups in total. The molecule has 1 aromatic heterocycles. The molecule has 2 saturated heterocycles. The molecular formula is C16H23N3O4. The Bertz CT molecular complexity index is 590. The van der Waals surface area contributed by atoms with Crippen molar-refractivity contribution in [2.75, 3.05) is 19.7 Å². The normalized spacial score (nSPS) is 30.6. The summed E-state index contributed by atoms with van der Waals surface area (Å²) in [4.78, 5) is 14.4. The van der Waals surface area contributed by atoms with Crippen LogP contribution in [0.4, 0.5) is 0 Å². The second-order valence-electron chi connectivity index (χ2n) is 7.11. The molecule has 7 heteroatoms. The van der Waals surface area contributed by atoms with Gasteiger partial charge < -0.3 is 19.8 Å². The second kappa shape index (κ2) is 5.58. The van der Waals surface area contributed by atoms with Crippen LogP contribution in [0.3, 0.4) is 0 Å². The number of ether oxygens (including phenoxy) is 1. The van der Waals surface area contributed by atoms with Crippen LogP contribution in [0.2, 0.25) is 0 Å². The Morgan fingerprint density at radius 2 is 2.04 bits per heavy atom. The van der Waals surface area contributed by atoms with Gasteiger partial charge in [0.15, 0.2) is 0 Å². The largest absolute Gasteiger partial charge is 0.390 e. The molecule has 0 bridgehead atoms. The van der Waals surface area contributed by atoms with E-state index in [0.29, 0.717) is 44.0 Å². The van der Waals surface area contributed by atoms with Gasteiger partial charge in [-0.25, -0.2) is 0 Å². The molecule has 0 unspecified atom stereocenters. The number of H-pyrrole nitrogens is 1. The third-order valence-electron chi connectivity index (χ3n) is 5.38. The van der Waals surface area contributed by atoms with Gasteiger partial charge >= 0.3 is 0 Å². The molecule has 126 valence electrons. The van der Waals surface area contributed by atoms with Crippen molar-refractivity contribution >= 4 is 5.91 Å². The van der Waals surface area contributed by atoms with Crippen LogP contribution in [0.1, 0.15) is 54.2 Å². The number of piperidine rings is 1. The van der Waals surface area contributed by atoms with Gasteiger partial charge in [0, 0.05) is 31.1 Å². The number of hydrogen-bond acceptors (Lipinski definition) is 5. The molecule has 4 rings (SSSR count). The van der Waals surface area contributed by atoms with Crippen LogP contribution in [0, 0.1) is 0 Å². The molecule has 0 radical (unpaired) electrons. The van der Waals surface area contributed by atoms with Crippen LogP contribution in [0.25, 0.3) is 0 Å². The minimum absolute atomic E-state index is 0.0422. The van der Waals surface area contributed by atoms with Crippen LogP contribution < -0.4 is 0 Å². The zero-order valence-electron chi connectivity index (χ0n) is 13.1. The number of rotatable bonds is 2. The van der Waals surface area contributed by atoms with Crippen molar-refractivity contribution in [1.29, 1.82) is 0 Å². The number of hydrogen-bond donors (Lipinski definition) is 3. The number of aliphatic hydroxyl groups is 2. The lowest BCUT2D eigenvalue weighted by Crippen LogP contribution is -2.55. The maximum absolute atomic E-state index is 12.6. The average molecular weight is 321 g/mol. The predicted molar refractivity (Wildman–Crippen MR) is 81.0 cm³/mol. The number of aromatic nitrogens is 2. The van der Waals surface area contributed by atoms with Crippen LogP contribution >= 0.6 is 0 Å². The zero-order valence-corrected chi connectivity index (χ0v) is 13.1. The van der Waals surface area contributed by atoms with E-state index < -0.39 is 17.8 Å². The van der Waals surface area contributed by atoms with Crippen LogP contribution in [-0.2, 0) is 4.74 Å². The molecule has 3 aliphatic rings. The third kappa shape index (κ3) is 2.88. The number of aliphatic hydroxyl groups excluding tert-OH is 2. The van der Waals surface area contributed by atoms with Crippen molar-refractivity contribution in [2.24, 2.45) is 0 Å². The summed E-state index contributed by atoms with van der Waals surface area (Å²) in [7, 11) is 0. The van der Waals surface area contributed by atoms with Gasteiger partial charge in [0.05, 0.1) is 18.3 Å². The molecule has 23 heavy (non-hydrogen) atoms. The Labute approximate surface area is 134 Å². The summed E-state index contributed by atoms with van der Waals surface area (Å²) in [6, 6.07) is 1.88. The number of nitrogens with zero attached hydrogens (tertiary/aromatic N) is 2. The van der Waals surface area contributed by atoms with E-state index in [0.717, 1.165) is 5.69 Å². The van der Waals surface area contributed by atoms with Gasteiger partial charge in [0.1, 0.15) is 11.8 Å². The zero-order chi connectivity index (χ0) is 16.0. The number of amides is 1. The number of aromatic amines is 1. The molecule has 2 aliphatic heterocycles. The van der Waals surface area contributed by atoms with Crippen molar-refractivity contribution in [3.63, 3.8) is 0 Å². The second-order valence-corrected chi connectivity index (χ2v) is 7.11. The Morgan fingerprint density at radius 3 is 2.70 bits per heavy atom. The summed E-state index contributed by atoms with van der Waals surface area (Å²) in [6.07, 6.45) is 2.61. The predicted octanol–water partition coefficient (Wildman–Crippen LogP) is 0.404. The van der Waals surface area contributed by atoms with Gasteiger partial charge in [-0.3, -0.25) is 9.89 Å². The quantitative estimate of drug-likeness (QED) is 0.732. The third-order valence-corrected chi connectivity index (χ3v) is 5.38. The lowest BCUT2D eigenvalue weighted by molar-refractivity contribution is -0.185. The molecular weight excluding hydrogens is 298 g/mol. The summed E-state index contributed by atoms with van der Waals surface area (Å²) in [5.41, 5.74) is 1.15. The molecule has 3 heterocycles. The van der Waals surface area contributed by atoms with Gasteiger partial charge in [-0.15, -0.1) is 0 Å². The first-order valence-corrected chi connectivity index (χ1v) is 8.41. The lowest BCUT2D eigenvalue weighted by atomic mass is 9.82. The smallest absolute Gasteiger partial charge is 0.274 e. The van der Waals surface area contributed by atoms with E-state index in [9.17, 15) is 15.0 Å². The molecule has 0 aromatic carbocycles. The van der Waals surface area contributed by atoms with E-state index in [-0.39, 0.29) is 12.5 Å². The van der Waals surface area contributed by atoms with E-state index in [1.165, 1.54) is 12.8 Å². The average Bonchev–Trinajstić information content (AvgIpc) is 3.29. The Balaban J connectivity index is 1.38. The monoisotopic (exact) mass is 321 g/mol. The molecule has 2 atom stereocenters. The van der Waals surface area contributed by atoms with E-state index in [4.69, 9.17) is 4.74 Å². The SMILES string of the molecule is O=C(c1cc(C2CC2)[nH]n1)N1CCC2(CC1)C[C@@H](O)[C@@H](O)CO2. The van der Waals surface area contributed by atoms with Crippen molar-refractivity contribution in [2.45, 2.75) is 55.8 Å². The van der Waals surface area contributed by atoms with Gasteiger partial charge in [0.2, 0.25) is 0 Å². The fraction of sp³-hybridized carbons (Fsp3) is 0.750. The van der Waals surface area contributed by atoms with E-state index in [1.54, 1.807) is 4.90 Å². The Morgan fingerprint density at radius 1 is 1.30 bits per heavy atom.